The van der Waals surface area contributed by atoms with Crippen molar-refractivity contribution in [2.24, 2.45) is 0 Å². The van der Waals surface area contributed by atoms with Crippen LogP contribution in [-0.2, 0) is 5.75 Å². The molecule has 0 fully saturated rings. The second-order valence-electron chi connectivity index (χ2n) is 17.2. The van der Waals surface area contributed by atoms with E-state index in [1.165, 1.54) is 64.3 Å². The van der Waals surface area contributed by atoms with Gasteiger partial charge in [-0.2, -0.15) is 10.0 Å². The quantitative estimate of drug-likeness (QED) is 0.149. The van der Waals surface area contributed by atoms with E-state index in [-0.39, 0.29) is 0 Å². The predicted octanol–water partition coefficient (Wildman–Crippen LogP) is 17.1. The first kappa shape index (κ1) is 37.7. The fourth-order valence-corrected chi connectivity index (χ4v) is 14.5. The van der Waals surface area contributed by atoms with Crippen LogP contribution >= 0.6 is 10.0 Å². The van der Waals surface area contributed by atoms with Gasteiger partial charge in [0, 0.05) is 49.0 Å². The van der Waals surface area contributed by atoms with Crippen LogP contribution in [0.1, 0.15) is 18.4 Å². The van der Waals surface area contributed by atoms with Crippen molar-refractivity contribution in [3.63, 3.8) is 0 Å². The number of furan rings is 1. The molecule has 3 heterocycles. The number of para-hydroxylation sites is 3. The SMILES string of the molecule is C1=CC(n2c3ccccc3c3cc(-c4cccc(CS(c5ccccc5)(c5ccccc5)c5cccc(-n6c7ccccc7c7c8oc9ccccc9c8ccc76)c5)c4)ccc32)=CCC1. The van der Waals surface area contributed by atoms with E-state index in [1.807, 2.05) is 0 Å². The number of aromatic nitrogens is 2. The number of nitrogens with zero attached hydrogens (tertiary/aromatic N) is 2. The molecule has 1 aliphatic rings. The van der Waals surface area contributed by atoms with Crippen molar-refractivity contribution in [2.45, 2.75) is 33.3 Å². The van der Waals surface area contributed by atoms with Gasteiger partial charge < -0.3 is 13.6 Å². The molecule has 3 aromatic heterocycles. The third-order valence-electron chi connectivity index (χ3n) is 13.5. The van der Waals surface area contributed by atoms with Crippen LogP contribution in [0.4, 0.5) is 0 Å². The van der Waals surface area contributed by atoms with Crippen molar-refractivity contribution in [1.29, 1.82) is 0 Å². The molecule has 0 radical (unpaired) electrons. The average molecular weight is 853 g/mol. The number of hydrogen-bond donors (Lipinski definition) is 0. The van der Waals surface area contributed by atoms with E-state index in [0.717, 1.165) is 62.6 Å². The smallest absolute Gasteiger partial charge is 0.145 e. The van der Waals surface area contributed by atoms with Crippen LogP contribution in [-0.4, -0.2) is 9.13 Å². The van der Waals surface area contributed by atoms with Crippen LogP contribution in [0.3, 0.4) is 0 Å². The molecular weight excluding hydrogens is 809 g/mol. The number of rotatable bonds is 8. The molecule has 12 aromatic rings. The Bertz CT molecular complexity index is 3830. The van der Waals surface area contributed by atoms with Gasteiger partial charge in [0.1, 0.15) is 11.2 Å². The van der Waals surface area contributed by atoms with Crippen molar-refractivity contribution in [1.82, 2.24) is 9.13 Å². The van der Waals surface area contributed by atoms with Crippen molar-refractivity contribution < 1.29 is 4.42 Å². The lowest BCUT2D eigenvalue weighted by atomic mass is 10.0. The molecule has 0 unspecified atom stereocenters. The monoisotopic (exact) mass is 852 g/mol. The standard InChI is InChI=1S/C61H44N2OS/c1-4-20-45(21-5-1)62-55-31-13-10-28-50(55)54-39-44(34-36-57(54)62)43-19-16-18-42(38-43)41-65(47-23-6-2-7-24-47,48-25-8-3-9-26-48)49-27-17-22-46(40-49)63-56-32-14-11-30-53(56)60-58(63)37-35-52-51-29-12-15-33-59(51)64-61(52)60/h2-4,6-40H,1,5,41H2. The van der Waals surface area contributed by atoms with Gasteiger partial charge in [-0.3, -0.25) is 0 Å². The topological polar surface area (TPSA) is 23.0 Å². The highest BCUT2D eigenvalue weighted by molar-refractivity contribution is 8.33. The Kier molecular flexibility index (Phi) is 8.82. The van der Waals surface area contributed by atoms with E-state index in [2.05, 4.69) is 240 Å². The lowest BCUT2D eigenvalue weighted by molar-refractivity contribution is 0.673. The van der Waals surface area contributed by atoms with E-state index in [4.69, 9.17) is 4.42 Å². The highest BCUT2D eigenvalue weighted by Crippen LogP contribution is 2.70. The number of benzene rings is 9. The fourth-order valence-electron chi connectivity index (χ4n) is 10.6. The summed E-state index contributed by atoms with van der Waals surface area (Å²) >= 11 is 0. The molecule has 0 bridgehead atoms. The summed E-state index contributed by atoms with van der Waals surface area (Å²) < 4.78 is 11.6. The summed E-state index contributed by atoms with van der Waals surface area (Å²) in [5, 5.41) is 7.17. The van der Waals surface area contributed by atoms with Crippen molar-refractivity contribution in [3.8, 4) is 16.8 Å². The Morgan fingerprint density at radius 2 is 1.08 bits per heavy atom. The average Bonchev–Trinajstić information content (AvgIpc) is 4.04. The zero-order valence-corrected chi connectivity index (χ0v) is 36.6. The second-order valence-corrected chi connectivity index (χ2v) is 20.4. The van der Waals surface area contributed by atoms with Crippen LogP contribution in [0.25, 0.3) is 88.1 Å². The Morgan fingerprint density at radius 1 is 0.431 bits per heavy atom. The van der Waals surface area contributed by atoms with Crippen molar-refractivity contribution >= 4 is 81.3 Å². The van der Waals surface area contributed by atoms with Crippen molar-refractivity contribution in [3.05, 3.63) is 236 Å². The van der Waals surface area contributed by atoms with Crippen molar-refractivity contribution in [2.75, 3.05) is 0 Å². The third kappa shape index (κ3) is 5.98. The van der Waals surface area contributed by atoms with E-state index in [9.17, 15) is 0 Å². The maximum Gasteiger partial charge on any atom is 0.145 e. The van der Waals surface area contributed by atoms with Gasteiger partial charge in [-0.25, -0.2) is 0 Å². The van der Waals surface area contributed by atoms with Gasteiger partial charge in [0.2, 0.25) is 0 Å². The van der Waals surface area contributed by atoms with E-state index < -0.39 is 10.0 Å². The maximum absolute atomic E-state index is 6.68. The minimum atomic E-state index is -1.88. The first-order valence-corrected chi connectivity index (χ1v) is 24.4. The van der Waals surface area contributed by atoms with Gasteiger partial charge >= 0.3 is 0 Å². The molecule has 0 saturated carbocycles. The third-order valence-corrected chi connectivity index (χ3v) is 17.5. The van der Waals surface area contributed by atoms with Gasteiger partial charge in [0.15, 0.2) is 0 Å². The predicted molar refractivity (Wildman–Crippen MR) is 275 cm³/mol. The molecule has 9 aromatic carbocycles. The first-order valence-electron chi connectivity index (χ1n) is 22.6. The number of fused-ring (bicyclic) bond motifs is 10. The molecule has 0 aliphatic heterocycles. The van der Waals surface area contributed by atoms with Gasteiger partial charge in [-0.1, -0.05) is 140 Å². The van der Waals surface area contributed by atoms with Gasteiger partial charge in [0.25, 0.3) is 0 Å². The normalized spacial score (nSPS) is 13.4. The fraction of sp³-hybridized carbons (Fsp3) is 0.0492. The first-order chi connectivity index (χ1) is 32.2. The Hall–Kier alpha value is -7.79. The minimum Gasteiger partial charge on any atom is -0.455 e. The molecule has 13 rings (SSSR count). The summed E-state index contributed by atoms with van der Waals surface area (Å²) in [5.74, 6) is 0.840. The van der Waals surface area contributed by atoms with E-state index in [1.54, 1.807) is 0 Å². The molecule has 3 nitrogen and oxygen atoms in total. The van der Waals surface area contributed by atoms with E-state index in [0.29, 0.717) is 0 Å². The molecular formula is C61H44N2OS. The molecule has 0 saturated heterocycles. The summed E-state index contributed by atoms with van der Waals surface area (Å²) in [5.41, 5.74) is 12.8. The van der Waals surface area contributed by atoms with Crippen LogP contribution in [0.2, 0.25) is 0 Å². The lowest BCUT2D eigenvalue weighted by Gasteiger charge is -2.42. The summed E-state index contributed by atoms with van der Waals surface area (Å²) in [6.07, 6.45) is 9.10. The molecule has 0 amide bonds. The van der Waals surface area contributed by atoms with Crippen LogP contribution in [0.5, 0.6) is 0 Å². The molecule has 1 aliphatic carbocycles. The van der Waals surface area contributed by atoms with Gasteiger partial charge in [-0.05, 0) is 130 Å². The Morgan fingerprint density at radius 3 is 1.86 bits per heavy atom. The number of allylic oxidation sites excluding steroid dienone is 4. The summed E-state index contributed by atoms with van der Waals surface area (Å²) in [6, 6.07) is 78.7. The summed E-state index contributed by atoms with van der Waals surface area (Å²) in [7, 11) is -1.88. The zero-order chi connectivity index (χ0) is 42.9. The lowest BCUT2D eigenvalue weighted by Crippen LogP contribution is -2.08. The molecule has 0 spiro atoms. The molecule has 310 valence electrons. The largest absolute Gasteiger partial charge is 0.455 e. The van der Waals surface area contributed by atoms with E-state index >= 15 is 0 Å². The van der Waals surface area contributed by atoms with Crippen LogP contribution < -0.4 is 0 Å². The molecule has 4 heteroatoms. The zero-order valence-electron chi connectivity index (χ0n) is 35.8. The van der Waals surface area contributed by atoms with Gasteiger partial charge in [-0.15, -0.1) is 0 Å². The Balaban J connectivity index is 0.985. The van der Waals surface area contributed by atoms with Gasteiger partial charge in [0.05, 0.1) is 27.5 Å². The highest BCUT2D eigenvalue weighted by atomic mass is 32.3. The minimum absolute atomic E-state index is 0.840. The number of hydrogen-bond acceptors (Lipinski definition) is 1. The summed E-state index contributed by atoms with van der Waals surface area (Å²) in [4.78, 5) is 3.98. The highest BCUT2D eigenvalue weighted by Gasteiger charge is 2.32. The maximum atomic E-state index is 6.68. The molecule has 0 N–H and O–H groups in total. The second kappa shape index (κ2) is 15.2. The van der Waals surface area contributed by atoms with Crippen LogP contribution in [0, 0.1) is 0 Å². The summed E-state index contributed by atoms with van der Waals surface area (Å²) in [6.45, 7) is 0. The molecule has 0 atom stereocenters. The molecule has 65 heavy (non-hydrogen) atoms. The van der Waals surface area contributed by atoms with Crippen LogP contribution in [0.15, 0.2) is 250 Å². The Labute approximate surface area is 379 Å².